The third-order valence-corrected chi connectivity index (χ3v) is 7.75. The molecule has 1 saturated carbocycles. The summed E-state index contributed by atoms with van der Waals surface area (Å²) in [6.45, 7) is 0.359. The van der Waals surface area contributed by atoms with Crippen LogP contribution in [-0.2, 0) is 6.54 Å². The van der Waals surface area contributed by atoms with Gasteiger partial charge in [-0.25, -0.2) is 4.79 Å². The van der Waals surface area contributed by atoms with Gasteiger partial charge in [0, 0.05) is 23.6 Å². The molecule has 0 aliphatic heterocycles. The molecule has 3 aromatic carbocycles. The van der Waals surface area contributed by atoms with Crippen LogP contribution in [0.3, 0.4) is 0 Å². The van der Waals surface area contributed by atoms with E-state index in [0.717, 1.165) is 76.2 Å². The van der Waals surface area contributed by atoms with Crippen LogP contribution < -0.4 is 14.2 Å². The largest absolute Gasteiger partial charge is 0.497 e. The van der Waals surface area contributed by atoms with E-state index in [1.165, 1.54) is 0 Å². The highest BCUT2D eigenvalue weighted by Crippen LogP contribution is 2.43. The first-order valence-corrected chi connectivity index (χ1v) is 13.3. The van der Waals surface area contributed by atoms with E-state index >= 15 is 0 Å². The second kappa shape index (κ2) is 9.98. The fraction of sp³-hybridized carbons (Fsp3) is 0.276. The number of aromatic carboxylic acids is 1. The molecular formula is C29H27N3O5S. The minimum Gasteiger partial charge on any atom is -0.497 e. The minimum atomic E-state index is -1.02. The molecule has 1 aliphatic rings. The lowest BCUT2D eigenvalue weighted by atomic mass is 10.0. The van der Waals surface area contributed by atoms with Gasteiger partial charge in [0.1, 0.15) is 22.5 Å². The first-order valence-electron chi connectivity index (χ1n) is 12.6. The monoisotopic (exact) mass is 529 g/mol. The van der Waals surface area contributed by atoms with Gasteiger partial charge in [-0.05, 0) is 67.1 Å². The molecule has 0 radical (unpaired) electrons. The molecule has 8 nitrogen and oxygen atoms in total. The van der Waals surface area contributed by atoms with Crippen LogP contribution in [0.5, 0.6) is 17.2 Å². The number of ether oxygens (including phenoxy) is 3. The Morgan fingerprint density at radius 1 is 0.974 bits per heavy atom. The summed E-state index contributed by atoms with van der Waals surface area (Å²) < 4.78 is 28.0. The predicted molar refractivity (Wildman–Crippen MR) is 147 cm³/mol. The molecule has 0 atom stereocenters. The van der Waals surface area contributed by atoms with E-state index in [1.807, 2.05) is 59.2 Å². The molecular weight excluding hydrogens is 502 g/mol. The molecule has 5 aromatic rings. The maximum atomic E-state index is 12.9. The second-order valence-electron chi connectivity index (χ2n) is 9.48. The maximum Gasteiger partial charge on any atom is 0.353 e. The van der Waals surface area contributed by atoms with Crippen LogP contribution in [0.15, 0.2) is 54.6 Å². The van der Waals surface area contributed by atoms with Crippen molar-refractivity contribution in [1.29, 1.82) is 0 Å². The number of carbonyl (C=O) groups is 1. The summed E-state index contributed by atoms with van der Waals surface area (Å²) >= 11 is 1.14. The molecule has 1 fully saturated rings. The van der Waals surface area contributed by atoms with Gasteiger partial charge in [-0.1, -0.05) is 18.2 Å². The zero-order chi connectivity index (χ0) is 26.2. The number of benzene rings is 3. The Kier molecular flexibility index (Phi) is 6.37. The molecule has 0 spiro atoms. The van der Waals surface area contributed by atoms with Gasteiger partial charge in [0.2, 0.25) is 0 Å². The van der Waals surface area contributed by atoms with E-state index in [9.17, 15) is 9.90 Å². The first kappa shape index (κ1) is 24.2. The third kappa shape index (κ3) is 4.32. The van der Waals surface area contributed by atoms with Crippen molar-refractivity contribution in [3.8, 4) is 28.4 Å². The first-order chi connectivity index (χ1) is 18.6. The van der Waals surface area contributed by atoms with Crippen molar-refractivity contribution in [2.75, 3.05) is 14.2 Å². The predicted octanol–water partition coefficient (Wildman–Crippen LogP) is 6.40. The maximum absolute atomic E-state index is 12.9. The number of fused-ring (bicyclic) bond motifs is 2. The topological polar surface area (TPSA) is 95.7 Å². The van der Waals surface area contributed by atoms with Gasteiger partial charge in [0.15, 0.2) is 11.5 Å². The molecule has 6 rings (SSSR count). The third-order valence-electron chi connectivity index (χ3n) is 7.19. The van der Waals surface area contributed by atoms with E-state index in [1.54, 1.807) is 14.2 Å². The van der Waals surface area contributed by atoms with Crippen LogP contribution >= 0.6 is 11.7 Å². The molecule has 1 N–H and O–H groups in total. The molecule has 194 valence electrons. The zero-order valence-electron chi connectivity index (χ0n) is 21.1. The Balaban J connectivity index is 1.59. The highest BCUT2D eigenvalue weighted by Gasteiger charge is 2.27. The van der Waals surface area contributed by atoms with Gasteiger partial charge in [-0.3, -0.25) is 0 Å². The molecule has 38 heavy (non-hydrogen) atoms. The van der Waals surface area contributed by atoms with Crippen molar-refractivity contribution in [3.63, 3.8) is 0 Å². The molecule has 0 saturated heterocycles. The van der Waals surface area contributed by atoms with Gasteiger partial charge in [-0.2, -0.15) is 8.75 Å². The van der Waals surface area contributed by atoms with Crippen molar-refractivity contribution < 1.29 is 24.1 Å². The van der Waals surface area contributed by atoms with Gasteiger partial charge in [-0.15, -0.1) is 0 Å². The summed E-state index contributed by atoms with van der Waals surface area (Å²) in [6.07, 6.45) is 4.42. The molecule has 2 heterocycles. The Labute approximate surface area is 223 Å². The van der Waals surface area contributed by atoms with Crippen LogP contribution in [-0.4, -0.2) is 44.7 Å². The Bertz CT molecular complexity index is 1630. The highest BCUT2D eigenvalue weighted by molar-refractivity contribution is 7.00. The summed E-state index contributed by atoms with van der Waals surface area (Å²) in [5, 5.41) is 11.3. The highest BCUT2D eigenvalue weighted by atomic mass is 32.1. The summed E-state index contributed by atoms with van der Waals surface area (Å²) in [5.41, 5.74) is 4.78. The van der Waals surface area contributed by atoms with Crippen molar-refractivity contribution in [2.45, 2.75) is 38.3 Å². The Hall–Kier alpha value is -4.11. The average molecular weight is 530 g/mol. The number of carboxylic acids is 1. The lowest BCUT2D eigenvalue weighted by molar-refractivity contribution is 0.0687. The summed E-state index contributed by atoms with van der Waals surface area (Å²) in [6, 6.07) is 17.1. The van der Waals surface area contributed by atoms with Crippen LogP contribution in [0.1, 0.15) is 41.7 Å². The number of nitrogens with zero attached hydrogens (tertiary/aromatic N) is 3. The summed E-state index contributed by atoms with van der Waals surface area (Å²) in [5.74, 6) is 0.939. The lowest BCUT2D eigenvalue weighted by Crippen LogP contribution is -2.12. The number of hydrogen-bond donors (Lipinski definition) is 1. The fourth-order valence-corrected chi connectivity index (χ4v) is 5.84. The fourth-order valence-electron chi connectivity index (χ4n) is 5.32. The number of aromatic nitrogens is 3. The average Bonchev–Trinajstić information content (AvgIpc) is 3.68. The summed E-state index contributed by atoms with van der Waals surface area (Å²) in [7, 11) is 3.24. The van der Waals surface area contributed by atoms with Gasteiger partial charge in [0.05, 0.1) is 37.6 Å². The van der Waals surface area contributed by atoms with Crippen molar-refractivity contribution in [3.05, 3.63) is 65.9 Å². The smallest absolute Gasteiger partial charge is 0.353 e. The van der Waals surface area contributed by atoms with Crippen LogP contribution in [0.2, 0.25) is 0 Å². The van der Waals surface area contributed by atoms with Crippen molar-refractivity contribution >= 4 is 39.6 Å². The Morgan fingerprint density at radius 2 is 1.74 bits per heavy atom. The van der Waals surface area contributed by atoms with E-state index in [-0.39, 0.29) is 11.8 Å². The number of carboxylic acid groups (broad SMARTS) is 1. The molecule has 1 aliphatic carbocycles. The van der Waals surface area contributed by atoms with Crippen LogP contribution in [0.4, 0.5) is 0 Å². The van der Waals surface area contributed by atoms with E-state index in [2.05, 4.69) is 8.75 Å². The van der Waals surface area contributed by atoms with E-state index in [0.29, 0.717) is 23.6 Å². The second-order valence-corrected chi connectivity index (χ2v) is 10.0. The normalized spacial score (nSPS) is 13.8. The van der Waals surface area contributed by atoms with Crippen molar-refractivity contribution in [1.82, 2.24) is 13.3 Å². The number of methoxy groups -OCH3 is 2. The number of hydrogen-bond acceptors (Lipinski definition) is 7. The van der Waals surface area contributed by atoms with Gasteiger partial charge < -0.3 is 23.9 Å². The SMILES string of the molecule is COc1ccc(Cn2c(C(=O)O)c(-c3ccc4nsnc4c3)c3cc(OC)c(OC4CCCC4)cc32)cc1. The van der Waals surface area contributed by atoms with Gasteiger partial charge >= 0.3 is 5.97 Å². The molecule has 2 aromatic heterocycles. The molecule has 0 bridgehead atoms. The quantitative estimate of drug-likeness (QED) is 0.249. The van der Waals surface area contributed by atoms with E-state index in [4.69, 9.17) is 14.2 Å². The molecule has 9 heteroatoms. The zero-order valence-corrected chi connectivity index (χ0v) is 22.0. The molecule has 0 amide bonds. The van der Waals surface area contributed by atoms with Crippen LogP contribution in [0.25, 0.3) is 33.1 Å². The van der Waals surface area contributed by atoms with E-state index < -0.39 is 5.97 Å². The lowest BCUT2D eigenvalue weighted by Gasteiger charge is -2.17. The Morgan fingerprint density at radius 3 is 2.45 bits per heavy atom. The van der Waals surface area contributed by atoms with Crippen molar-refractivity contribution in [2.24, 2.45) is 0 Å². The summed E-state index contributed by atoms with van der Waals surface area (Å²) in [4.78, 5) is 12.9. The number of rotatable bonds is 8. The minimum absolute atomic E-state index is 0.129. The standard InChI is InChI=1S/C29H27N3O5S/c1-35-19-10-7-17(8-11-19)16-32-24-15-26(37-20-5-3-4-6-20)25(36-2)14-21(24)27(28(32)29(33)34)18-9-12-22-23(13-18)31-38-30-22/h7-15,20H,3-6,16H2,1-2H3,(H,33,34). The van der Waals surface area contributed by atoms with Crippen LogP contribution in [0, 0.1) is 0 Å². The van der Waals surface area contributed by atoms with Gasteiger partial charge in [0.25, 0.3) is 0 Å². The molecule has 0 unspecified atom stereocenters.